The van der Waals surface area contributed by atoms with Crippen molar-refractivity contribution in [2.24, 2.45) is 0 Å². The average Bonchev–Trinajstić information content (AvgIpc) is 3.39. The molecule has 0 bridgehead atoms. The third-order valence-electron chi connectivity index (χ3n) is 4.80. The predicted octanol–water partition coefficient (Wildman–Crippen LogP) is 3.02. The molecular weight excluding hydrogens is 408 g/mol. The Morgan fingerprint density at radius 1 is 1.16 bits per heavy atom. The molecular formula is C21H19F2N5O3. The summed E-state index contributed by atoms with van der Waals surface area (Å²) >= 11 is 0. The maximum atomic E-state index is 14.1. The number of nitrogens with zero attached hydrogens (tertiary/aromatic N) is 1. The molecule has 2 amide bonds. The first-order valence-electron chi connectivity index (χ1n) is 9.59. The minimum absolute atomic E-state index is 0.0148. The first-order chi connectivity index (χ1) is 15.0. The average molecular weight is 427 g/mol. The Balaban J connectivity index is 1.53. The third kappa shape index (κ3) is 4.53. The van der Waals surface area contributed by atoms with Gasteiger partial charge < -0.3 is 25.7 Å². The first-order valence-corrected chi connectivity index (χ1v) is 9.59. The van der Waals surface area contributed by atoms with E-state index in [1.807, 2.05) is 0 Å². The van der Waals surface area contributed by atoms with Gasteiger partial charge in [-0.05, 0) is 49.4 Å². The highest BCUT2D eigenvalue weighted by Crippen LogP contribution is 2.33. The maximum Gasteiger partial charge on any atom is 0.251 e. The molecule has 2 aromatic carbocycles. The standard InChI is InChI=1S/C21H19F2N5O3/c22-15-2-1-3-16(23)17(15)20-28-18(25-11-29)21(31-20)27-13-6-4-12(5-7-13)19(30)26-14-8-9-24-10-14/h1-7,11,14,24,27H,8-10H2,(H,25,29)(H,26,30)/t14-/m0/s1. The molecule has 3 aromatic rings. The van der Waals surface area contributed by atoms with Gasteiger partial charge in [0.1, 0.15) is 17.2 Å². The van der Waals surface area contributed by atoms with Gasteiger partial charge in [-0.25, -0.2) is 8.78 Å². The van der Waals surface area contributed by atoms with Crippen LogP contribution in [0.2, 0.25) is 0 Å². The summed E-state index contributed by atoms with van der Waals surface area (Å²) in [5, 5.41) is 11.4. The number of nitrogens with one attached hydrogen (secondary N) is 4. The molecule has 1 fully saturated rings. The van der Waals surface area contributed by atoms with Gasteiger partial charge >= 0.3 is 0 Å². The highest BCUT2D eigenvalue weighted by molar-refractivity contribution is 5.95. The molecule has 4 N–H and O–H groups in total. The topological polar surface area (TPSA) is 108 Å². The number of carbonyl (C=O) groups is 2. The maximum absolute atomic E-state index is 14.1. The molecule has 1 saturated heterocycles. The van der Waals surface area contributed by atoms with Gasteiger partial charge in [0.2, 0.25) is 18.2 Å². The molecule has 0 radical (unpaired) electrons. The number of aromatic nitrogens is 1. The summed E-state index contributed by atoms with van der Waals surface area (Å²) in [6, 6.07) is 10.0. The highest BCUT2D eigenvalue weighted by Gasteiger charge is 2.21. The van der Waals surface area contributed by atoms with Crippen molar-refractivity contribution in [2.75, 3.05) is 23.7 Å². The SMILES string of the molecule is O=CNc1nc(-c2c(F)cccc2F)oc1Nc1ccc(C(=O)N[C@H]2CCNC2)cc1. The largest absolute Gasteiger partial charge is 0.418 e. The fraction of sp³-hybridized carbons (Fsp3) is 0.190. The van der Waals surface area contributed by atoms with Gasteiger partial charge in [0.05, 0.1) is 0 Å². The van der Waals surface area contributed by atoms with Crippen LogP contribution in [0.4, 0.5) is 26.2 Å². The van der Waals surface area contributed by atoms with E-state index < -0.39 is 17.2 Å². The van der Waals surface area contributed by atoms with E-state index in [2.05, 4.69) is 26.3 Å². The van der Waals surface area contributed by atoms with Crippen LogP contribution in [0, 0.1) is 11.6 Å². The van der Waals surface area contributed by atoms with Crippen LogP contribution >= 0.6 is 0 Å². The zero-order valence-electron chi connectivity index (χ0n) is 16.2. The summed E-state index contributed by atoms with van der Waals surface area (Å²) in [6.45, 7) is 1.62. The van der Waals surface area contributed by atoms with E-state index in [-0.39, 0.29) is 29.5 Å². The fourth-order valence-corrected chi connectivity index (χ4v) is 3.25. The van der Waals surface area contributed by atoms with E-state index >= 15 is 0 Å². The molecule has 0 unspecified atom stereocenters. The Hall–Kier alpha value is -3.79. The second kappa shape index (κ2) is 8.92. The first kappa shape index (κ1) is 20.5. The number of anilines is 3. The lowest BCUT2D eigenvalue weighted by Gasteiger charge is -2.11. The van der Waals surface area contributed by atoms with Crippen molar-refractivity contribution in [3.8, 4) is 11.5 Å². The van der Waals surface area contributed by atoms with Gasteiger partial charge in [-0.3, -0.25) is 9.59 Å². The van der Waals surface area contributed by atoms with Crippen LogP contribution in [-0.4, -0.2) is 36.4 Å². The molecule has 1 aromatic heterocycles. The van der Waals surface area contributed by atoms with Crippen molar-refractivity contribution >= 4 is 29.7 Å². The summed E-state index contributed by atoms with van der Waals surface area (Å²) in [4.78, 5) is 27.2. The third-order valence-corrected chi connectivity index (χ3v) is 4.80. The van der Waals surface area contributed by atoms with Gasteiger partial charge in [-0.15, -0.1) is 0 Å². The van der Waals surface area contributed by atoms with Crippen molar-refractivity contribution in [2.45, 2.75) is 12.5 Å². The molecule has 1 aliphatic rings. The zero-order chi connectivity index (χ0) is 21.8. The molecule has 10 heteroatoms. The Bertz CT molecular complexity index is 1070. The zero-order valence-corrected chi connectivity index (χ0v) is 16.2. The number of halogens is 2. The molecule has 0 aliphatic carbocycles. The summed E-state index contributed by atoms with van der Waals surface area (Å²) in [6.07, 6.45) is 1.25. The predicted molar refractivity (Wildman–Crippen MR) is 110 cm³/mol. The molecule has 2 heterocycles. The van der Waals surface area contributed by atoms with Gasteiger partial charge in [-0.2, -0.15) is 4.98 Å². The Morgan fingerprint density at radius 2 is 1.90 bits per heavy atom. The lowest BCUT2D eigenvalue weighted by Crippen LogP contribution is -2.36. The Kier molecular flexibility index (Phi) is 5.89. The van der Waals surface area contributed by atoms with E-state index in [9.17, 15) is 18.4 Å². The van der Waals surface area contributed by atoms with E-state index in [1.54, 1.807) is 24.3 Å². The van der Waals surface area contributed by atoms with Crippen LogP contribution in [0.15, 0.2) is 46.9 Å². The highest BCUT2D eigenvalue weighted by atomic mass is 19.1. The van der Waals surface area contributed by atoms with E-state index in [0.29, 0.717) is 17.7 Å². The summed E-state index contributed by atoms with van der Waals surface area (Å²) in [7, 11) is 0. The molecule has 0 spiro atoms. The monoisotopic (exact) mass is 427 g/mol. The number of rotatable bonds is 7. The quantitative estimate of drug-likeness (QED) is 0.432. The Morgan fingerprint density at radius 3 is 2.55 bits per heavy atom. The molecule has 160 valence electrons. The molecule has 8 nitrogen and oxygen atoms in total. The van der Waals surface area contributed by atoms with Gasteiger partial charge in [0.15, 0.2) is 5.82 Å². The van der Waals surface area contributed by atoms with E-state index in [1.165, 1.54) is 6.07 Å². The minimum Gasteiger partial charge on any atom is -0.418 e. The number of benzene rings is 2. The second-order valence-corrected chi connectivity index (χ2v) is 6.92. The van der Waals surface area contributed by atoms with Crippen LogP contribution in [-0.2, 0) is 4.79 Å². The number of carbonyl (C=O) groups excluding carboxylic acids is 2. The van der Waals surface area contributed by atoms with E-state index in [0.717, 1.165) is 31.6 Å². The number of hydrogen-bond acceptors (Lipinski definition) is 6. The number of oxazole rings is 1. The smallest absolute Gasteiger partial charge is 0.251 e. The lowest BCUT2D eigenvalue weighted by molar-refractivity contribution is -0.105. The summed E-state index contributed by atoms with van der Waals surface area (Å²) in [5.74, 6) is -2.26. The summed E-state index contributed by atoms with van der Waals surface area (Å²) < 4.78 is 33.6. The van der Waals surface area contributed by atoms with Crippen molar-refractivity contribution in [1.82, 2.24) is 15.6 Å². The number of hydrogen-bond donors (Lipinski definition) is 4. The van der Waals surface area contributed by atoms with Crippen molar-refractivity contribution < 1.29 is 22.8 Å². The second-order valence-electron chi connectivity index (χ2n) is 6.92. The van der Waals surface area contributed by atoms with Gasteiger partial charge in [0, 0.05) is 23.8 Å². The molecule has 1 aliphatic heterocycles. The molecule has 1 atom stereocenters. The molecule has 4 rings (SSSR count). The normalized spacial score (nSPS) is 15.5. The van der Waals surface area contributed by atoms with Gasteiger partial charge in [0.25, 0.3) is 5.91 Å². The number of amides is 2. The van der Waals surface area contributed by atoms with Crippen LogP contribution in [0.5, 0.6) is 0 Å². The lowest BCUT2D eigenvalue weighted by atomic mass is 10.1. The molecule has 31 heavy (non-hydrogen) atoms. The van der Waals surface area contributed by atoms with Gasteiger partial charge in [-0.1, -0.05) is 6.07 Å². The fourth-order valence-electron chi connectivity index (χ4n) is 3.25. The molecule has 0 saturated carbocycles. The minimum atomic E-state index is -0.849. The van der Waals surface area contributed by atoms with Crippen LogP contribution in [0.25, 0.3) is 11.5 Å². The Labute approximate surface area is 176 Å². The van der Waals surface area contributed by atoms with Crippen LogP contribution < -0.4 is 21.3 Å². The van der Waals surface area contributed by atoms with Crippen LogP contribution in [0.1, 0.15) is 16.8 Å². The van der Waals surface area contributed by atoms with Crippen molar-refractivity contribution in [3.05, 3.63) is 59.7 Å². The summed E-state index contributed by atoms with van der Waals surface area (Å²) in [5.41, 5.74) is 0.554. The van der Waals surface area contributed by atoms with E-state index in [4.69, 9.17) is 4.42 Å². The van der Waals surface area contributed by atoms with Crippen molar-refractivity contribution in [1.29, 1.82) is 0 Å². The van der Waals surface area contributed by atoms with Crippen molar-refractivity contribution in [3.63, 3.8) is 0 Å². The van der Waals surface area contributed by atoms with Crippen LogP contribution in [0.3, 0.4) is 0 Å².